The summed E-state index contributed by atoms with van der Waals surface area (Å²) < 4.78 is 51.6. The zero-order chi connectivity index (χ0) is 22.3. The lowest BCUT2D eigenvalue weighted by Crippen LogP contribution is -2.27. The lowest BCUT2D eigenvalue weighted by Gasteiger charge is -2.13. The Morgan fingerprint density at radius 1 is 1.23 bits per heavy atom. The van der Waals surface area contributed by atoms with E-state index >= 15 is 0 Å². The highest BCUT2D eigenvalue weighted by Crippen LogP contribution is 2.38. The molecule has 1 aliphatic heterocycles. The second-order valence-corrected chi connectivity index (χ2v) is 7.69. The largest absolute Gasteiger partial charge is 0.480 e. The number of nitrogens with zero attached hydrogens (tertiary/aromatic N) is 2. The first-order valence-corrected chi connectivity index (χ1v) is 9.94. The number of benzene rings is 2. The normalized spacial score (nSPS) is 14.8. The number of aromatic nitrogens is 1. The van der Waals surface area contributed by atoms with E-state index in [0.717, 1.165) is 23.5 Å². The molecule has 1 atom stereocenters. The van der Waals surface area contributed by atoms with Crippen LogP contribution in [0.3, 0.4) is 0 Å². The van der Waals surface area contributed by atoms with Gasteiger partial charge in [0.1, 0.15) is 6.04 Å². The minimum absolute atomic E-state index is 0.0357. The Kier molecular flexibility index (Phi) is 5.21. The molecular weight excluding hydrogens is 437 g/mol. The maximum Gasteiger partial charge on any atom is 0.416 e. The number of ether oxygens (including phenoxy) is 2. The lowest BCUT2D eigenvalue weighted by molar-refractivity contribution is -0.141. The molecule has 1 N–H and O–H groups in total. The third-order valence-electron chi connectivity index (χ3n) is 4.74. The molecule has 0 radical (unpaired) electrons. The zero-order valence-electron chi connectivity index (χ0n) is 16.0. The van der Waals surface area contributed by atoms with Gasteiger partial charge < -0.3 is 19.1 Å². The fourth-order valence-electron chi connectivity index (χ4n) is 3.26. The molecule has 11 heteroatoms. The maximum atomic E-state index is 13.0. The maximum absolute atomic E-state index is 13.0. The minimum atomic E-state index is -4.61. The average Bonchev–Trinajstić information content (AvgIpc) is 3.30. The molecule has 2 heterocycles. The molecule has 0 fully saturated rings. The fourth-order valence-corrected chi connectivity index (χ4v) is 4.34. The van der Waals surface area contributed by atoms with Gasteiger partial charge in [0.05, 0.1) is 15.8 Å². The van der Waals surface area contributed by atoms with Crippen LogP contribution in [0.15, 0.2) is 41.4 Å². The highest BCUT2D eigenvalue weighted by molar-refractivity contribution is 7.16. The summed E-state index contributed by atoms with van der Waals surface area (Å²) in [5, 5.41) is 9.68. The quantitative estimate of drug-likeness (QED) is 0.640. The van der Waals surface area contributed by atoms with Crippen molar-refractivity contribution in [2.24, 2.45) is 4.99 Å². The topological polar surface area (TPSA) is 90.1 Å². The van der Waals surface area contributed by atoms with E-state index in [9.17, 15) is 27.9 Å². The molecule has 4 rings (SSSR count). The Balaban J connectivity index is 1.89. The predicted octanol–water partition coefficient (Wildman–Crippen LogP) is 4.23. The van der Waals surface area contributed by atoms with Crippen molar-refractivity contribution >= 4 is 33.4 Å². The van der Waals surface area contributed by atoms with Crippen LogP contribution in [-0.4, -0.2) is 28.3 Å². The Hall–Kier alpha value is -3.34. The smallest absolute Gasteiger partial charge is 0.416 e. The number of rotatable bonds is 4. The summed E-state index contributed by atoms with van der Waals surface area (Å²) in [7, 11) is 0. The van der Waals surface area contributed by atoms with Crippen LogP contribution in [0.2, 0.25) is 0 Å². The summed E-state index contributed by atoms with van der Waals surface area (Å²) in [5.41, 5.74) is -0.754. The first-order chi connectivity index (χ1) is 14.7. The number of halogens is 3. The Morgan fingerprint density at radius 2 is 1.94 bits per heavy atom. The van der Waals surface area contributed by atoms with Gasteiger partial charge in [0.2, 0.25) is 6.79 Å². The van der Waals surface area contributed by atoms with Gasteiger partial charge in [-0.15, -0.1) is 0 Å². The van der Waals surface area contributed by atoms with Crippen LogP contribution in [0.25, 0.3) is 10.2 Å². The van der Waals surface area contributed by atoms with E-state index in [1.165, 1.54) is 10.6 Å². The standard InChI is InChI=1S/C20H15F3N2O5S/c1-2-12(18(27)28)25-13-7-14-15(30-9-29-14)8-16(13)31-19(25)24-17(26)10-4-3-5-11(6-10)20(21,22)23/h3-8,12H,2,9H2,1H3,(H,27,28)/b24-19-. The van der Waals surface area contributed by atoms with Gasteiger partial charge in [-0.25, -0.2) is 4.79 Å². The van der Waals surface area contributed by atoms with Crippen LogP contribution < -0.4 is 14.3 Å². The van der Waals surface area contributed by atoms with Crippen molar-refractivity contribution < 1.29 is 37.3 Å². The minimum Gasteiger partial charge on any atom is -0.480 e. The summed E-state index contributed by atoms with van der Waals surface area (Å²) in [4.78, 5) is 28.5. The fraction of sp³-hybridized carbons (Fsp3) is 0.250. The molecule has 7 nitrogen and oxygen atoms in total. The summed E-state index contributed by atoms with van der Waals surface area (Å²) in [5.74, 6) is -1.14. The SMILES string of the molecule is CCC(C(=O)O)n1/c(=N/C(=O)c2cccc(C(F)(F)F)c2)sc2cc3c(cc21)OCO3. The molecule has 31 heavy (non-hydrogen) atoms. The van der Waals surface area contributed by atoms with Crippen LogP contribution in [-0.2, 0) is 11.0 Å². The second-order valence-electron chi connectivity index (χ2n) is 6.69. The number of fused-ring (bicyclic) bond motifs is 2. The van der Waals surface area contributed by atoms with E-state index in [4.69, 9.17) is 9.47 Å². The molecule has 0 aliphatic carbocycles. The van der Waals surface area contributed by atoms with Crippen LogP contribution in [0.4, 0.5) is 13.2 Å². The summed E-state index contributed by atoms with van der Waals surface area (Å²) in [6.07, 6.45) is -4.41. The van der Waals surface area contributed by atoms with Gasteiger partial charge in [-0.2, -0.15) is 18.2 Å². The molecule has 0 saturated carbocycles. The van der Waals surface area contributed by atoms with E-state index in [-0.39, 0.29) is 23.6 Å². The number of carbonyl (C=O) groups excluding carboxylic acids is 1. The molecular formula is C20H15F3N2O5S. The van der Waals surface area contributed by atoms with Crippen molar-refractivity contribution in [2.75, 3.05) is 6.79 Å². The highest BCUT2D eigenvalue weighted by Gasteiger charge is 2.31. The number of hydrogen-bond donors (Lipinski definition) is 1. The average molecular weight is 452 g/mol. The first kappa shape index (κ1) is 20.9. The number of alkyl halides is 3. The second kappa shape index (κ2) is 7.73. The Morgan fingerprint density at radius 3 is 2.58 bits per heavy atom. The van der Waals surface area contributed by atoms with Crippen molar-refractivity contribution in [1.82, 2.24) is 4.57 Å². The van der Waals surface area contributed by atoms with Crippen LogP contribution in [0.1, 0.15) is 35.3 Å². The first-order valence-electron chi connectivity index (χ1n) is 9.13. The number of carboxylic acids is 1. The Labute approximate surface area is 177 Å². The van der Waals surface area contributed by atoms with Gasteiger partial charge in [0.15, 0.2) is 16.3 Å². The Bertz CT molecular complexity index is 1260. The molecule has 0 saturated heterocycles. The van der Waals surface area contributed by atoms with Gasteiger partial charge >= 0.3 is 12.1 Å². The molecule has 0 spiro atoms. The molecule has 0 bridgehead atoms. The zero-order valence-corrected chi connectivity index (χ0v) is 16.8. The van der Waals surface area contributed by atoms with Gasteiger partial charge in [-0.1, -0.05) is 24.3 Å². The number of thiazole rings is 1. The van der Waals surface area contributed by atoms with E-state index < -0.39 is 29.7 Å². The molecule has 1 amide bonds. The lowest BCUT2D eigenvalue weighted by atomic mass is 10.1. The third kappa shape index (κ3) is 3.88. The van der Waals surface area contributed by atoms with E-state index in [1.54, 1.807) is 19.1 Å². The van der Waals surface area contributed by atoms with E-state index in [2.05, 4.69) is 4.99 Å². The predicted molar refractivity (Wildman–Crippen MR) is 104 cm³/mol. The van der Waals surface area contributed by atoms with Crippen molar-refractivity contribution in [3.8, 4) is 11.5 Å². The van der Waals surface area contributed by atoms with Gasteiger partial charge in [0.25, 0.3) is 5.91 Å². The number of hydrogen-bond acceptors (Lipinski definition) is 5. The number of aliphatic carboxylic acids is 1. The van der Waals surface area contributed by atoms with Gasteiger partial charge in [-0.05, 0) is 24.6 Å². The summed E-state index contributed by atoms with van der Waals surface area (Å²) >= 11 is 1.04. The van der Waals surface area contributed by atoms with E-state index in [1.807, 2.05) is 0 Å². The molecule has 1 aromatic heterocycles. The third-order valence-corrected chi connectivity index (χ3v) is 5.76. The monoisotopic (exact) mass is 452 g/mol. The summed E-state index contributed by atoms with van der Waals surface area (Å²) in [6.45, 7) is 1.70. The number of amides is 1. The van der Waals surface area contributed by atoms with Crippen molar-refractivity contribution in [1.29, 1.82) is 0 Å². The molecule has 1 unspecified atom stereocenters. The van der Waals surface area contributed by atoms with Crippen molar-refractivity contribution in [3.05, 3.63) is 52.3 Å². The number of carbonyl (C=O) groups is 2. The highest BCUT2D eigenvalue weighted by atomic mass is 32.1. The van der Waals surface area contributed by atoms with E-state index in [0.29, 0.717) is 27.8 Å². The van der Waals surface area contributed by atoms with Crippen LogP contribution in [0.5, 0.6) is 11.5 Å². The van der Waals surface area contributed by atoms with Gasteiger partial charge in [-0.3, -0.25) is 4.79 Å². The van der Waals surface area contributed by atoms with Crippen molar-refractivity contribution in [2.45, 2.75) is 25.6 Å². The van der Waals surface area contributed by atoms with Crippen LogP contribution in [0, 0.1) is 0 Å². The molecule has 2 aromatic carbocycles. The molecule has 3 aromatic rings. The van der Waals surface area contributed by atoms with Gasteiger partial charge in [0, 0.05) is 17.7 Å². The van der Waals surface area contributed by atoms with Crippen molar-refractivity contribution in [3.63, 3.8) is 0 Å². The molecule has 1 aliphatic rings. The van der Waals surface area contributed by atoms with Crippen LogP contribution >= 0.6 is 11.3 Å². The number of carboxylic acid groups (broad SMARTS) is 1. The summed E-state index contributed by atoms with van der Waals surface area (Å²) in [6, 6.07) is 6.14. The molecule has 162 valence electrons.